The molecule has 2 rings (SSSR count). The Morgan fingerprint density at radius 3 is 2.10 bits per heavy atom. The molecule has 0 radical (unpaired) electrons. The number of benzene rings is 1. The maximum atomic E-state index is 12.5. The van der Waals surface area contributed by atoms with Crippen LogP contribution in [0.15, 0.2) is 24.3 Å². The van der Waals surface area contributed by atoms with E-state index in [9.17, 15) is 21.6 Å². The number of hydrogen-bond donors (Lipinski definition) is 1. The highest BCUT2D eigenvalue weighted by Gasteiger charge is 2.30. The molecule has 1 aliphatic heterocycles. The molecule has 4 nitrogen and oxygen atoms in total. The topological polar surface area (TPSA) is 41.8 Å². The minimum absolute atomic E-state index is 0.453. The molecule has 1 aliphatic rings. The summed E-state index contributed by atoms with van der Waals surface area (Å²) in [6.45, 7) is 2.83. The number of sulfonamides is 1. The van der Waals surface area contributed by atoms with Gasteiger partial charge < -0.3 is 4.90 Å². The molecule has 0 aromatic heterocycles. The molecule has 1 aromatic carbocycles. The molecule has 118 valence electrons. The van der Waals surface area contributed by atoms with Crippen LogP contribution in [0.5, 0.6) is 0 Å². The molecule has 1 heterocycles. The van der Waals surface area contributed by atoms with Crippen LogP contribution in [-0.2, 0) is 22.7 Å². The first kappa shape index (κ1) is 16.3. The van der Waals surface area contributed by atoms with Crippen LogP contribution in [0, 0.1) is 0 Å². The largest absolute Gasteiger partial charge is 0.416 e. The first-order chi connectivity index (χ1) is 9.66. The van der Waals surface area contributed by atoms with Crippen molar-refractivity contribution in [2.45, 2.75) is 12.7 Å². The SMILES string of the molecule is CS(=O)(=O)N1CC[NH+](Cc2ccc(C(F)(F)F)cc2)CC1. The third-order valence-corrected chi connectivity index (χ3v) is 4.94. The van der Waals surface area contributed by atoms with E-state index in [1.807, 2.05) is 0 Å². The van der Waals surface area contributed by atoms with Gasteiger partial charge in [-0.05, 0) is 12.1 Å². The summed E-state index contributed by atoms with van der Waals surface area (Å²) in [5, 5.41) is 0. The van der Waals surface area contributed by atoms with Crippen LogP contribution < -0.4 is 4.90 Å². The molecule has 1 saturated heterocycles. The lowest BCUT2D eigenvalue weighted by Crippen LogP contribution is -3.13. The monoisotopic (exact) mass is 323 g/mol. The van der Waals surface area contributed by atoms with Gasteiger partial charge in [-0.25, -0.2) is 8.42 Å². The maximum Gasteiger partial charge on any atom is 0.416 e. The van der Waals surface area contributed by atoms with Crippen LogP contribution in [0.25, 0.3) is 0 Å². The number of nitrogens with zero attached hydrogens (tertiary/aromatic N) is 1. The highest BCUT2D eigenvalue weighted by atomic mass is 32.2. The Morgan fingerprint density at radius 2 is 1.67 bits per heavy atom. The average Bonchev–Trinajstić information content (AvgIpc) is 2.38. The Bertz CT molecular complexity index is 576. The molecule has 0 saturated carbocycles. The molecule has 0 spiro atoms. The number of halogens is 3. The van der Waals surface area contributed by atoms with Crippen LogP contribution in [-0.4, -0.2) is 45.2 Å². The normalized spacial score (nSPS) is 18.9. The average molecular weight is 323 g/mol. The fourth-order valence-electron chi connectivity index (χ4n) is 2.41. The molecular formula is C13H18F3N2O2S+. The third-order valence-electron chi connectivity index (χ3n) is 3.63. The summed E-state index contributed by atoms with van der Waals surface area (Å²) in [4.78, 5) is 1.18. The van der Waals surface area contributed by atoms with E-state index in [1.165, 1.54) is 27.6 Å². The van der Waals surface area contributed by atoms with E-state index in [-0.39, 0.29) is 0 Å². The Balaban J connectivity index is 1.92. The van der Waals surface area contributed by atoms with Gasteiger partial charge in [0.25, 0.3) is 0 Å². The van der Waals surface area contributed by atoms with Gasteiger partial charge in [0.1, 0.15) is 6.54 Å². The van der Waals surface area contributed by atoms with Crippen LogP contribution in [0.2, 0.25) is 0 Å². The number of rotatable bonds is 3. The lowest BCUT2D eigenvalue weighted by atomic mass is 10.1. The zero-order valence-electron chi connectivity index (χ0n) is 11.7. The maximum absolute atomic E-state index is 12.5. The summed E-state index contributed by atoms with van der Waals surface area (Å²) in [7, 11) is -3.15. The summed E-state index contributed by atoms with van der Waals surface area (Å²) in [5.74, 6) is 0. The fraction of sp³-hybridized carbons (Fsp3) is 0.538. The summed E-state index contributed by atoms with van der Waals surface area (Å²) < 4.78 is 61.6. The van der Waals surface area contributed by atoms with Crippen molar-refractivity contribution in [1.29, 1.82) is 0 Å². The first-order valence-electron chi connectivity index (χ1n) is 6.61. The first-order valence-corrected chi connectivity index (χ1v) is 8.46. The van der Waals surface area contributed by atoms with E-state index in [0.29, 0.717) is 32.7 Å². The minimum atomic E-state index is -4.31. The molecule has 0 bridgehead atoms. The zero-order valence-corrected chi connectivity index (χ0v) is 12.5. The Morgan fingerprint density at radius 1 is 1.14 bits per heavy atom. The van der Waals surface area contributed by atoms with E-state index in [0.717, 1.165) is 17.7 Å². The fourth-order valence-corrected chi connectivity index (χ4v) is 3.26. The van der Waals surface area contributed by atoms with Gasteiger partial charge in [0.15, 0.2) is 0 Å². The van der Waals surface area contributed by atoms with E-state index in [2.05, 4.69) is 0 Å². The zero-order chi connectivity index (χ0) is 15.7. The lowest BCUT2D eigenvalue weighted by molar-refractivity contribution is -0.917. The Kier molecular flexibility index (Phi) is 4.60. The molecule has 0 atom stereocenters. The number of nitrogens with one attached hydrogen (secondary N) is 1. The molecule has 1 aromatic rings. The number of quaternary nitrogens is 1. The van der Waals surface area contributed by atoms with Crippen molar-refractivity contribution in [2.24, 2.45) is 0 Å². The Hall–Kier alpha value is -1.12. The summed E-state index contributed by atoms with van der Waals surface area (Å²) in [6, 6.07) is 5.14. The van der Waals surface area contributed by atoms with Crippen molar-refractivity contribution in [3.63, 3.8) is 0 Å². The molecule has 21 heavy (non-hydrogen) atoms. The van der Waals surface area contributed by atoms with E-state index in [4.69, 9.17) is 0 Å². The van der Waals surface area contributed by atoms with E-state index in [1.54, 1.807) is 0 Å². The highest BCUT2D eigenvalue weighted by molar-refractivity contribution is 7.88. The summed E-state index contributed by atoms with van der Waals surface area (Å²) in [5.41, 5.74) is 0.175. The number of hydrogen-bond acceptors (Lipinski definition) is 2. The van der Waals surface area contributed by atoms with Crippen molar-refractivity contribution in [3.8, 4) is 0 Å². The number of alkyl halides is 3. The van der Waals surface area contributed by atoms with Gasteiger partial charge >= 0.3 is 6.18 Å². The van der Waals surface area contributed by atoms with Gasteiger partial charge in [0.05, 0.1) is 38.0 Å². The van der Waals surface area contributed by atoms with Crippen molar-refractivity contribution in [3.05, 3.63) is 35.4 Å². The summed E-state index contributed by atoms with van der Waals surface area (Å²) >= 11 is 0. The van der Waals surface area contributed by atoms with Crippen LogP contribution in [0.3, 0.4) is 0 Å². The molecule has 1 N–H and O–H groups in total. The lowest BCUT2D eigenvalue weighted by Gasteiger charge is -2.30. The van der Waals surface area contributed by atoms with Gasteiger partial charge in [-0.15, -0.1) is 0 Å². The van der Waals surface area contributed by atoms with Gasteiger partial charge in [0, 0.05) is 5.56 Å². The molecule has 1 fully saturated rings. The smallest absolute Gasteiger partial charge is 0.329 e. The van der Waals surface area contributed by atoms with Crippen LogP contribution >= 0.6 is 0 Å². The standard InChI is InChI=1S/C13H17F3N2O2S/c1-21(19,20)18-8-6-17(7-9-18)10-11-2-4-12(5-3-11)13(14,15)16/h2-5H,6-10H2,1H3/p+1. The van der Waals surface area contributed by atoms with Gasteiger partial charge in [-0.2, -0.15) is 17.5 Å². The number of piperazine rings is 1. The van der Waals surface area contributed by atoms with Gasteiger partial charge in [-0.3, -0.25) is 0 Å². The van der Waals surface area contributed by atoms with Gasteiger partial charge in [-0.1, -0.05) is 12.1 Å². The third kappa shape index (κ3) is 4.42. The second-order valence-electron chi connectivity index (χ2n) is 5.28. The highest BCUT2D eigenvalue weighted by Crippen LogP contribution is 2.28. The summed E-state index contributed by atoms with van der Waals surface area (Å²) in [6.07, 6.45) is -3.12. The van der Waals surface area contributed by atoms with Crippen molar-refractivity contribution in [2.75, 3.05) is 32.4 Å². The quantitative estimate of drug-likeness (QED) is 0.873. The van der Waals surface area contributed by atoms with Gasteiger partial charge in [0.2, 0.25) is 10.0 Å². The predicted molar refractivity (Wildman–Crippen MR) is 72.3 cm³/mol. The van der Waals surface area contributed by atoms with E-state index < -0.39 is 21.8 Å². The van der Waals surface area contributed by atoms with Crippen LogP contribution in [0.4, 0.5) is 13.2 Å². The van der Waals surface area contributed by atoms with E-state index >= 15 is 0 Å². The molecule has 8 heteroatoms. The second kappa shape index (κ2) is 5.94. The minimum Gasteiger partial charge on any atom is -0.329 e. The molecule has 0 unspecified atom stereocenters. The molecule has 0 aliphatic carbocycles. The van der Waals surface area contributed by atoms with Crippen molar-refractivity contribution in [1.82, 2.24) is 4.31 Å². The predicted octanol–water partition coefficient (Wildman–Crippen LogP) is 0.366. The van der Waals surface area contributed by atoms with Crippen molar-refractivity contribution < 1.29 is 26.5 Å². The van der Waals surface area contributed by atoms with Crippen LogP contribution in [0.1, 0.15) is 11.1 Å². The molecule has 0 amide bonds. The second-order valence-corrected chi connectivity index (χ2v) is 7.27. The Labute approximate surface area is 122 Å². The molecular weight excluding hydrogens is 305 g/mol. The van der Waals surface area contributed by atoms with Crippen molar-refractivity contribution >= 4 is 10.0 Å².